The van der Waals surface area contributed by atoms with Gasteiger partial charge in [-0.3, -0.25) is 9.59 Å². The Morgan fingerprint density at radius 1 is 1.00 bits per heavy atom. The molecule has 0 saturated heterocycles. The molecular weight excluding hydrogens is 394 g/mol. The Morgan fingerprint density at radius 2 is 1.65 bits per heavy atom. The SMILES string of the molecule is Cc1ccccc1CNC(=O)COC(=O)CCNC(=O)NC12CC3CC(CC(C3)C1)C2. The van der Waals surface area contributed by atoms with Gasteiger partial charge in [0.15, 0.2) is 6.61 Å². The number of amides is 3. The van der Waals surface area contributed by atoms with Gasteiger partial charge >= 0.3 is 12.0 Å². The first-order chi connectivity index (χ1) is 14.9. The monoisotopic (exact) mass is 427 g/mol. The first-order valence-corrected chi connectivity index (χ1v) is 11.4. The summed E-state index contributed by atoms with van der Waals surface area (Å²) in [7, 11) is 0. The number of esters is 1. The van der Waals surface area contributed by atoms with E-state index >= 15 is 0 Å². The van der Waals surface area contributed by atoms with Gasteiger partial charge in [0.05, 0.1) is 6.42 Å². The van der Waals surface area contributed by atoms with E-state index in [2.05, 4.69) is 16.0 Å². The molecule has 3 N–H and O–H groups in total. The van der Waals surface area contributed by atoms with Gasteiger partial charge in [-0.2, -0.15) is 0 Å². The highest BCUT2D eigenvalue weighted by molar-refractivity contribution is 5.81. The van der Waals surface area contributed by atoms with Crippen LogP contribution in [0.4, 0.5) is 4.79 Å². The van der Waals surface area contributed by atoms with E-state index in [4.69, 9.17) is 4.74 Å². The summed E-state index contributed by atoms with van der Waals surface area (Å²) in [6.07, 6.45) is 7.29. The number of carbonyl (C=O) groups excluding carboxylic acids is 3. The zero-order valence-electron chi connectivity index (χ0n) is 18.2. The first-order valence-electron chi connectivity index (χ1n) is 11.4. The van der Waals surface area contributed by atoms with Gasteiger partial charge in [-0.05, 0) is 74.3 Å². The zero-order valence-corrected chi connectivity index (χ0v) is 18.2. The van der Waals surface area contributed by atoms with E-state index in [9.17, 15) is 14.4 Å². The number of hydrogen-bond acceptors (Lipinski definition) is 4. The van der Waals surface area contributed by atoms with E-state index in [0.29, 0.717) is 6.54 Å². The Bertz CT molecular complexity index is 803. The third kappa shape index (κ3) is 5.57. The average molecular weight is 428 g/mol. The molecule has 0 radical (unpaired) electrons. The second-order valence-corrected chi connectivity index (χ2v) is 9.69. The Kier molecular flexibility index (Phi) is 6.49. The molecular formula is C24H33N3O4. The van der Waals surface area contributed by atoms with Crippen LogP contribution in [0.25, 0.3) is 0 Å². The van der Waals surface area contributed by atoms with E-state index in [0.717, 1.165) is 48.1 Å². The second kappa shape index (κ2) is 9.28. The van der Waals surface area contributed by atoms with Gasteiger partial charge in [-0.25, -0.2) is 4.79 Å². The fraction of sp³-hybridized carbons (Fsp3) is 0.625. The van der Waals surface area contributed by atoms with Gasteiger partial charge in [-0.1, -0.05) is 24.3 Å². The van der Waals surface area contributed by atoms with Crippen molar-refractivity contribution >= 4 is 17.9 Å². The van der Waals surface area contributed by atoms with Crippen LogP contribution < -0.4 is 16.0 Å². The zero-order chi connectivity index (χ0) is 21.8. The van der Waals surface area contributed by atoms with E-state index < -0.39 is 5.97 Å². The number of aryl methyl sites for hydroxylation is 1. The lowest BCUT2D eigenvalue weighted by Crippen LogP contribution is -2.61. The summed E-state index contributed by atoms with van der Waals surface area (Å²) in [5.41, 5.74) is 2.07. The predicted octanol–water partition coefficient (Wildman–Crippen LogP) is 2.81. The van der Waals surface area contributed by atoms with Crippen molar-refractivity contribution in [1.29, 1.82) is 0 Å². The van der Waals surface area contributed by atoms with Crippen molar-refractivity contribution in [3.05, 3.63) is 35.4 Å². The lowest BCUT2D eigenvalue weighted by atomic mass is 9.53. The van der Waals surface area contributed by atoms with Gasteiger partial charge < -0.3 is 20.7 Å². The molecule has 168 valence electrons. The van der Waals surface area contributed by atoms with E-state index in [1.54, 1.807) is 0 Å². The molecule has 4 saturated carbocycles. The molecule has 0 spiro atoms. The van der Waals surface area contributed by atoms with Crippen LogP contribution in [0, 0.1) is 24.7 Å². The van der Waals surface area contributed by atoms with Crippen LogP contribution in [0.2, 0.25) is 0 Å². The highest BCUT2D eigenvalue weighted by atomic mass is 16.5. The Hall–Kier alpha value is -2.57. The summed E-state index contributed by atoms with van der Waals surface area (Å²) in [4.78, 5) is 36.2. The quantitative estimate of drug-likeness (QED) is 0.556. The number of urea groups is 1. The fourth-order valence-electron chi connectivity index (χ4n) is 6.10. The van der Waals surface area contributed by atoms with Crippen LogP contribution >= 0.6 is 0 Å². The molecule has 31 heavy (non-hydrogen) atoms. The van der Waals surface area contributed by atoms with Crippen molar-refractivity contribution in [1.82, 2.24) is 16.0 Å². The minimum atomic E-state index is -0.499. The van der Waals surface area contributed by atoms with E-state index in [-0.39, 0.29) is 37.0 Å². The molecule has 7 heteroatoms. The number of hydrogen-bond donors (Lipinski definition) is 3. The molecule has 3 amide bonds. The van der Waals surface area contributed by atoms with Crippen molar-refractivity contribution in [2.45, 2.75) is 64.0 Å². The maximum atomic E-state index is 12.4. The standard InChI is InChI=1S/C24H33N3O4/c1-16-4-2-3-5-20(16)14-26-21(28)15-31-22(29)6-7-25-23(30)27-24-11-17-8-18(12-24)10-19(9-17)13-24/h2-5,17-19H,6-15H2,1H3,(H,26,28)(H2,25,27,30). The third-order valence-electron chi connectivity index (χ3n) is 7.13. The Morgan fingerprint density at radius 3 is 2.29 bits per heavy atom. The molecule has 0 aromatic heterocycles. The number of nitrogens with one attached hydrogen (secondary N) is 3. The fourth-order valence-corrected chi connectivity index (χ4v) is 6.10. The maximum absolute atomic E-state index is 12.4. The smallest absolute Gasteiger partial charge is 0.315 e. The largest absolute Gasteiger partial charge is 0.456 e. The molecule has 4 aliphatic carbocycles. The van der Waals surface area contributed by atoms with Gasteiger partial charge in [-0.15, -0.1) is 0 Å². The van der Waals surface area contributed by atoms with Crippen molar-refractivity contribution in [2.75, 3.05) is 13.2 Å². The van der Waals surface area contributed by atoms with Crippen molar-refractivity contribution < 1.29 is 19.1 Å². The summed E-state index contributed by atoms with van der Waals surface area (Å²) < 4.78 is 5.02. The average Bonchev–Trinajstić information content (AvgIpc) is 2.70. The topological polar surface area (TPSA) is 96.5 Å². The summed E-state index contributed by atoms with van der Waals surface area (Å²) in [6, 6.07) is 7.59. The number of rotatable bonds is 8. The van der Waals surface area contributed by atoms with Crippen molar-refractivity contribution in [2.24, 2.45) is 17.8 Å². The van der Waals surface area contributed by atoms with Crippen LogP contribution in [0.1, 0.15) is 56.1 Å². The predicted molar refractivity (Wildman–Crippen MR) is 116 cm³/mol. The van der Waals surface area contributed by atoms with Crippen LogP contribution in [0.5, 0.6) is 0 Å². The number of benzene rings is 1. The first kappa shape index (κ1) is 21.7. The molecule has 5 rings (SSSR count). The van der Waals surface area contributed by atoms with Crippen LogP contribution in [0.15, 0.2) is 24.3 Å². The summed E-state index contributed by atoms with van der Waals surface area (Å²) >= 11 is 0. The second-order valence-electron chi connectivity index (χ2n) is 9.69. The van der Waals surface area contributed by atoms with Crippen molar-refractivity contribution in [3.8, 4) is 0 Å². The highest BCUT2D eigenvalue weighted by Crippen LogP contribution is 2.55. The van der Waals surface area contributed by atoms with Gasteiger partial charge in [0.2, 0.25) is 0 Å². The third-order valence-corrected chi connectivity index (χ3v) is 7.13. The molecule has 7 nitrogen and oxygen atoms in total. The highest BCUT2D eigenvalue weighted by Gasteiger charge is 2.51. The molecule has 0 aliphatic heterocycles. The molecule has 1 aromatic rings. The van der Waals surface area contributed by atoms with Crippen LogP contribution in [-0.2, 0) is 20.9 Å². The lowest BCUT2D eigenvalue weighted by molar-refractivity contribution is -0.148. The minimum absolute atomic E-state index is 0.0410. The molecule has 0 heterocycles. The molecule has 4 aliphatic rings. The molecule has 1 aromatic carbocycles. The molecule has 4 fully saturated rings. The minimum Gasteiger partial charge on any atom is -0.456 e. The van der Waals surface area contributed by atoms with Crippen LogP contribution in [0.3, 0.4) is 0 Å². The number of carbonyl (C=O) groups is 3. The Balaban J connectivity index is 1.10. The van der Waals surface area contributed by atoms with Crippen LogP contribution in [-0.4, -0.2) is 36.6 Å². The summed E-state index contributed by atoms with van der Waals surface area (Å²) in [5, 5.41) is 8.74. The lowest BCUT2D eigenvalue weighted by Gasteiger charge is -2.56. The van der Waals surface area contributed by atoms with E-state index in [1.165, 1.54) is 19.3 Å². The molecule has 0 atom stereocenters. The summed E-state index contributed by atoms with van der Waals surface area (Å²) in [5.74, 6) is 1.45. The van der Waals surface area contributed by atoms with Gasteiger partial charge in [0.1, 0.15) is 0 Å². The van der Waals surface area contributed by atoms with Crippen molar-refractivity contribution in [3.63, 3.8) is 0 Å². The van der Waals surface area contributed by atoms with E-state index in [1.807, 2.05) is 31.2 Å². The normalized spacial score (nSPS) is 28.1. The van der Waals surface area contributed by atoms with Gasteiger partial charge in [0.25, 0.3) is 5.91 Å². The summed E-state index contributed by atoms with van der Waals surface area (Å²) in [6.45, 7) is 2.26. The molecule has 0 unspecified atom stereocenters. The Labute approximate surface area is 183 Å². The number of ether oxygens (including phenoxy) is 1. The molecule has 4 bridgehead atoms. The van der Waals surface area contributed by atoms with Gasteiger partial charge in [0, 0.05) is 18.6 Å². The maximum Gasteiger partial charge on any atom is 0.315 e.